The average molecular weight is 291 g/mol. The molecule has 0 bridgehead atoms. The zero-order chi connectivity index (χ0) is 15.7. The summed E-state index contributed by atoms with van der Waals surface area (Å²) in [5, 5.41) is 5.43. The van der Waals surface area contributed by atoms with Crippen molar-refractivity contribution in [3.05, 3.63) is 29.8 Å². The van der Waals surface area contributed by atoms with Crippen molar-refractivity contribution in [2.75, 3.05) is 11.9 Å². The van der Waals surface area contributed by atoms with Crippen LogP contribution in [-0.2, 0) is 0 Å². The summed E-state index contributed by atoms with van der Waals surface area (Å²) < 4.78 is 0. The molecule has 1 rings (SSSR count). The Morgan fingerprint density at radius 2 is 1.86 bits per heavy atom. The van der Waals surface area contributed by atoms with E-state index in [0.29, 0.717) is 23.7 Å². The van der Waals surface area contributed by atoms with Crippen molar-refractivity contribution in [3.63, 3.8) is 0 Å². The molecule has 0 unspecified atom stereocenters. The van der Waals surface area contributed by atoms with Crippen molar-refractivity contribution in [2.45, 2.75) is 39.5 Å². The van der Waals surface area contributed by atoms with Crippen molar-refractivity contribution in [3.8, 4) is 0 Å². The highest BCUT2D eigenvalue weighted by Gasteiger charge is 2.10. The molecule has 1 aromatic carbocycles. The molecule has 0 aliphatic heterocycles. The van der Waals surface area contributed by atoms with Crippen molar-refractivity contribution < 1.29 is 9.59 Å². The highest BCUT2D eigenvalue weighted by atomic mass is 16.2. The van der Waals surface area contributed by atoms with Crippen molar-refractivity contribution in [1.82, 2.24) is 5.32 Å². The molecule has 0 radical (unpaired) electrons. The number of hydrogen-bond donors (Lipinski definition) is 3. The minimum absolute atomic E-state index is 0.0874. The summed E-state index contributed by atoms with van der Waals surface area (Å²) in [7, 11) is 0. The van der Waals surface area contributed by atoms with Gasteiger partial charge in [0.05, 0.1) is 0 Å². The van der Waals surface area contributed by atoms with Crippen LogP contribution in [-0.4, -0.2) is 18.5 Å². The van der Waals surface area contributed by atoms with Crippen molar-refractivity contribution >= 4 is 17.6 Å². The van der Waals surface area contributed by atoms with E-state index >= 15 is 0 Å². The van der Waals surface area contributed by atoms with Gasteiger partial charge in [0, 0.05) is 17.8 Å². The number of carbonyl (C=O) groups excluding carboxylic acids is 2. The summed E-state index contributed by atoms with van der Waals surface area (Å²) in [5.74, 6) is 0.445. The van der Waals surface area contributed by atoms with Crippen LogP contribution in [0.15, 0.2) is 24.3 Å². The fraction of sp³-hybridized carbons (Fsp3) is 0.500. The van der Waals surface area contributed by atoms with Gasteiger partial charge in [-0.2, -0.15) is 0 Å². The van der Waals surface area contributed by atoms with E-state index in [4.69, 9.17) is 5.73 Å². The average Bonchev–Trinajstić information content (AvgIpc) is 2.47. The Hall–Kier alpha value is -2.04. The van der Waals surface area contributed by atoms with E-state index in [1.807, 2.05) is 0 Å². The number of nitrogens with two attached hydrogens (primary N) is 1. The molecule has 0 aliphatic carbocycles. The van der Waals surface area contributed by atoms with Crippen LogP contribution in [0.3, 0.4) is 0 Å². The first kappa shape index (κ1) is 17.0. The summed E-state index contributed by atoms with van der Waals surface area (Å²) in [5.41, 5.74) is 6.19. The van der Waals surface area contributed by atoms with Gasteiger partial charge in [0.2, 0.25) is 0 Å². The van der Waals surface area contributed by atoms with Crippen molar-refractivity contribution in [1.29, 1.82) is 0 Å². The molecule has 0 fully saturated rings. The van der Waals surface area contributed by atoms with Crippen LogP contribution < -0.4 is 16.4 Å². The molecule has 0 spiro atoms. The summed E-state index contributed by atoms with van der Waals surface area (Å²) >= 11 is 0. The highest BCUT2D eigenvalue weighted by molar-refractivity contribution is 5.95. The third kappa shape index (κ3) is 6.29. The molecule has 0 aliphatic rings. The van der Waals surface area contributed by atoms with Crippen LogP contribution in [0.2, 0.25) is 0 Å². The van der Waals surface area contributed by atoms with Crippen LogP contribution in [0.1, 0.15) is 49.9 Å². The van der Waals surface area contributed by atoms with Gasteiger partial charge in [-0.1, -0.05) is 33.1 Å². The lowest BCUT2D eigenvalue weighted by atomic mass is 9.99. The van der Waals surface area contributed by atoms with E-state index in [1.165, 1.54) is 12.8 Å². The summed E-state index contributed by atoms with van der Waals surface area (Å²) in [6, 6.07) is 6.05. The van der Waals surface area contributed by atoms with Crippen molar-refractivity contribution in [2.24, 2.45) is 11.7 Å². The molecule has 4 N–H and O–H groups in total. The number of carbonyl (C=O) groups is 2. The van der Waals surface area contributed by atoms with Gasteiger partial charge in [-0.3, -0.25) is 4.79 Å². The second-order valence-electron chi connectivity index (χ2n) is 5.19. The predicted molar refractivity (Wildman–Crippen MR) is 85.3 cm³/mol. The topological polar surface area (TPSA) is 84.2 Å². The lowest BCUT2D eigenvalue weighted by molar-refractivity contribution is 0.0946. The Morgan fingerprint density at radius 1 is 1.19 bits per heavy atom. The smallest absolute Gasteiger partial charge is 0.316 e. The molecular weight excluding hydrogens is 266 g/mol. The zero-order valence-corrected chi connectivity index (χ0v) is 12.8. The first-order chi connectivity index (χ1) is 10.1. The van der Waals surface area contributed by atoms with Crippen LogP contribution >= 0.6 is 0 Å². The van der Waals surface area contributed by atoms with Crippen LogP contribution in [0.4, 0.5) is 10.5 Å². The second kappa shape index (κ2) is 9.00. The van der Waals surface area contributed by atoms with E-state index in [0.717, 1.165) is 12.8 Å². The number of rotatable bonds is 8. The van der Waals surface area contributed by atoms with Crippen LogP contribution in [0, 0.1) is 5.92 Å². The lowest BCUT2D eigenvalue weighted by Crippen LogP contribution is -2.29. The number of unbranched alkanes of at least 4 members (excludes halogenated alkanes) is 1. The largest absolute Gasteiger partial charge is 0.352 e. The quantitative estimate of drug-likeness (QED) is 0.687. The third-order valence-corrected chi connectivity index (χ3v) is 3.51. The van der Waals surface area contributed by atoms with Gasteiger partial charge in [-0.25, -0.2) is 4.79 Å². The number of primary amides is 1. The fourth-order valence-electron chi connectivity index (χ4n) is 2.13. The molecule has 5 heteroatoms. The Bertz CT molecular complexity index is 457. The molecule has 1 aromatic rings. The zero-order valence-electron chi connectivity index (χ0n) is 12.8. The molecule has 3 amide bonds. The molecular formula is C16H25N3O2. The molecule has 0 aromatic heterocycles. The maximum absolute atomic E-state index is 12.0. The minimum atomic E-state index is -0.617. The first-order valence-corrected chi connectivity index (χ1v) is 7.51. The molecule has 21 heavy (non-hydrogen) atoms. The summed E-state index contributed by atoms with van der Waals surface area (Å²) in [6.07, 6.45) is 4.59. The Balaban J connectivity index is 2.49. The Labute approximate surface area is 126 Å². The molecule has 1 atom stereocenters. The van der Waals surface area contributed by atoms with Gasteiger partial charge in [0.15, 0.2) is 0 Å². The van der Waals surface area contributed by atoms with Gasteiger partial charge >= 0.3 is 6.03 Å². The van der Waals surface area contributed by atoms with E-state index in [2.05, 4.69) is 24.5 Å². The second-order valence-corrected chi connectivity index (χ2v) is 5.19. The molecule has 116 valence electrons. The number of amides is 3. The van der Waals surface area contributed by atoms with Gasteiger partial charge in [0.25, 0.3) is 5.91 Å². The number of anilines is 1. The number of urea groups is 1. The standard InChI is InChI=1S/C16H25N3O2/c1-3-5-6-12(4-2)11-18-15(20)13-7-9-14(10-8-13)19-16(17)21/h7-10,12H,3-6,11H2,1-2H3,(H,18,20)(H3,17,19,21)/t12-/m0/s1. The van der Waals surface area contributed by atoms with Gasteiger partial charge < -0.3 is 16.4 Å². The Morgan fingerprint density at radius 3 is 2.38 bits per heavy atom. The Kier molecular flexibility index (Phi) is 7.29. The van der Waals surface area contributed by atoms with E-state index < -0.39 is 6.03 Å². The van der Waals surface area contributed by atoms with Gasteiger partial charge in [-0.05, 0) is 36.6 Å². The minimum Gasteiger partial charge on any atom is -0.352 e. The molecule has 0 saturated heterocycles. The van der Waals surface area contributed by atoms with Crippen LogP contribution in [0.5, 0.6) is 0 Å². The van der Waals surface area contributed by atoms with E-state index in [-0.39, 0.29) is 5.91 Å². The number of benzene rings is 1. The SMILES string of the molecule is CCCC[C@H](CC)CNC(=O)c1ccc(NC(N)=O)cc1. The molecule has 5 nitrogen and oxygen atoms in total. The van der Waals surface area contributed by atoms with Gasteiger partial charge in [-0.15, -0.1) is 0 Å². The third-order valence-electron chi connectivity index (χ3n) is 3.51. The van der Waals surface area contributed by atoms with Crippen LogP contribution in [0.25, 0.3) is 0 Å². The summed E-state index contributed by atoms with van der Waals surface area (Å²) in [6.45, 7) is 5.03. The van der Waals surface area contributed by atoms with E-state index in [9.17, 15) is 9.59 Å². The maximum atomic E-state index is 12.0. The monoisotopic (exact) mass is 291 g/mol. The predicted octanol–water partition coefficient (Wildman–Crippen LogP) is 3.12. The fourth-order valence-corrected chi connectivity index (χ4v) is 2.13. The first-order valence-electron chi connectivity index (χ1n) is 7.51. The molecule has 0 saturated carbocycles. The molecule has 0 heterocycles. The number of nitrogens with one attached hydrogen (secondary N) is 2. The highest BCUT2D eigenvalue weighted by Crippen LogP contribution is 2.12. The van der Waals surface area contributed by atoms with E-state index in [1.54, 1.807) is 24.3 Å². The van der Waals surface area contributed by atoms with Gasteiger partial charge in [0.1, 0.15) is 0 Å². The summed E-state index contributed by atoms with van der Waals surface area (Å²) in [4.78, 5) is 22.8. The normalized spacial score (nSPS) is 11.7. The lowest BCUT2D eigenvalue weighted by Gasteiger charge is -2.15. The maximum Gasteiger partial charge on any atom is 0.316 e. The number of hydrogen-bond acceptors (Lipinski definition) is 2.